The molecule has 0 bridgehead atoms. The summed E-state index contributed by atoms with van der Waals surface area (Å²) in [6.45, 7) is 0.838. The molecule has 0 aromatic carbocycles. The van der Waals surface area contributed by atoms with Gasteiger partial charge < -0.3 is 15.0 Å². The lowest BCUT2D eigenvalue weighted by molar-refractivity contribution is -0.141. The highest BCUT2D eigenvalue weighted by molar-refractivity contribution is 5.87. The Bertz CT molecular complexity index is 670. The highest BCUT2D eigenvalue weighted by Gasteiger charge is 2.30. The van der Waals surface area contributed by atoms with Gasteiger partial charge in [0, 0.05) is 30.9 Å². The number of nitrogens with zero attached hydrogens (tertiary/aromatic N) is 2. The van der Waals surface area contributed by atoms with Crippen molar-refractivity contribution in [3.05, 3.63) is 30.1 Å². The van der Waals surface area contributed by atoms with Gasteiger partial charge in [0.1, 0.15) is 5.65 Å². The number of rotatable bonds is 3. The van der Waals surface area contributed by atoms with Crippen LogP contribution < -0.4 is 0 Å². The van der Waals surface area contributed by atoms with Gasteiger partial charge in [-0.1, -0.05) is 0 Å². The second-order valence-electron chi connectivity index (χ2n) is 5.05. The van der Waals surface area contributed by atoms with Gasteiger partial charge in [-0.25, -0.2) is 4.98 Å². The molecule has 2 aromatic heterocycles. The molecule has 2 aromatic rings. The number of aromatic nitrogens is 2. The summed E-state index contributed by atoms with van der Waals surface area (Å²) in [4.78, 5) is 32.0. The van der Waals surface area contributed by atoms with E-state index in [1.54, 1.807) is 17.3 Å². The number of pyridine rings is 1. The van der Waals surface area contributed by atoms with Gasteiger partial charge >= 0.3 is 5.97 Å². The van der Waals surface area contributed by atoms with Crippen LogP contribution in [0.15, 0.2) is 24.5 Å². The summed E-state index contributed by atoms with van der Waals surface area (Å²) >= 11 is 0. The van der Waals surface area contributed by atoms with E-state index in [-0.39, 0.29) is 24.7 Å². The Balaban J connectivity index is 0.00000161. The van der Waals surface area contributed by atoms with Gasteiger partial charge in [-0.2, -0.15) is 0 Å². The Hall–Kier alpha value is -2.08. The Morgan fingerprint density at radius 2 is 2.29 bits per heavy atom. The number of hydrogen-bond donors (Lipinski definition) is 2. The molecule has 7 heteroatoms. The molecule has 6 nitrogen and oxygen atoms in total. The number of carbonyl (C=O) groups is 2. The number of fused-ring (bicyclic) bond motifs is 1. The third kappa shape index (κ3) is 3.00. The monoisotopic (exact) mass is 309 g/mol. The molecule has 1 fully saturated rings. The minimum Gasteiger partial charge on any atom is -0.481 e. The van der Waals surface area contributed by atoms with Gasteiger partial charge in [0.15, 0.2) is 0 Å². The number of hydrogen-bond acceptors (Lipinski definition) is 3. The predicted molar refractivity (Wildman–Crippen MR) is 79.4 cm³/mol. The lowest BCUT2D eigenvalue weighted by Gasteiger charge is -2.15. The van der Waals surface area contributed by atoms with Gasteiger partial charge in [0.25, 0.3) is 0 Å². The van der Waals surface area contributed by atoms with Crippen LogP contribution in [0.5, 0.6) is 0 Å². The van der Waals surface area contributed by atoms with Crippen LogP contribution in [0.1, 0.15) is 12.0 Å². The van der Waals surface area contributed by atoms with E-state index in [2.05, 4.69) is 9.97 Å². The second-order valence-corrected chi connectivity index (χ2v) is 5.05. The molecule has 0 radical (unpaired) electrons. The van der Waals surface area contributed by atoms with Crippen molar-refractivity contribution in [2.24, 2.45) is 5.92 Å². The highest BCUT2D eigenvalue weighted by atomic mass is 35.5. The number of aliphatic carboxylic acids is 1. The molecule has 3 heterocycles. The van der Waals surface area contributed by atoms with E-state index in [4.69, 9.17) is 5.11 Å². The number of aromatic amines is 1. The van der Waals surface area contributed by atoms with Crippen molar-refractivity contribution in [1.82, 2.24) is 14.9 Å². The zero-order valence-corrected chi connectivity index (χ0v) is 12.1. The molecule has 112 valence electrons. The van der Waals surface area contributed by atoms with Crippen molar-refractivity contribution >= 4 is 35.3 Å². The number of nitrogens with one attached hydrogen (secondary N) is 1. The third-order valence-corrected chi connectivity index (χ3v) is 3.77. The number of carbonyl (C=O) groups excluding carboxylic acids is 1. The van der Waals surface area contributed by atoms with E-state index < -0.39 is 11.9 Å². The molecule has 1 amide bonds. The fraction of sp³-hybridized carbons (Fsp3) is 0.357. The third-order valence-electron chi connectivity index (χ3n) is 3.77. The molecular weight excluding hydrogens is 294 g/mol. The Kier molecular flexibility index (Phi) is 4.47. The summed E-state index contributed by atoms with van der Waals surface area (Å²) in [5.74, 6) is -1.28. The summed E-state index contributed by atoms with van der Waals surface area (Å²) in [7, 11) is 0. The van der Waals surface area contributed by atoms with E-state index in [9.17, 15) is 9.59 Å². The number of amides is 1. The first kappa shape index (κ1) is 15.3. The normalized spacial score (nSPS) is 17.7. The van der Waals surface area contributed by atoms with Crippen LogP contribution in [0.4, 0.5) is 0 Å². The van der Waals surface area contributed by atoms with Crippen molar-refractivity contribution in [3.8, 4) is 0 Å². The van der Waals surface area contributed by atoms with Crippen molar-refractivity contribution < 1.29 is 14.7 Å². The SMILES string of the molecule is Cl.O=C(O)C1CCN(C(=O)Cc2c[nH]c3ncccc23)C1. The first-order valence-electron chi connectivity index (χ1n) is 6.56. The zero-order valence-electron chi connectivity index (χ0n) is 11.3. The largest absolute Gasteiger partial charge is 0.481 e. The zero-order chi connectivity index (χ0) is 14.1. The Morgan fingerprint density at radius 3 is 3.00 bits per heavy atom. The van der Waals surface area contributed by atoms with E-state index >= 15 is 0 Å². The van der Waals surface area contributed by atoms with Crippen LogP contribution in [0.2, 0.25) is 0 Å². The van der Waals surface area contributed by atoms with Gasteiger partial charge in [-0.05, 0) is 24.1 Å². The molecule has 0 spiro atoms. The van der Waals surface area contributed by atoms with Crippen LogP contribution in [0.3, 0.4) is 0 Å². The van der Waals surface area contributed by atoms with Crippen molar-refractivity contribution in [2.75, 3.05) is 13.1 Å². The van der Waals surface area contributed by atoms with Gasteiger partial charge in [-0.3, -0.25) is 9.59 Å². The Morgan fingerprint density at radius 1 is 1.48 bits per heavy atom. The highest BCUT2D eigenvalue weighted by Crippen LogP contribution is 2.20. The molecular formula is C14H16ClN3O3. The lowest BCUT2D eigenvalue weighted by Crippen LogP contribution is -2.31. The predicted octanol–water partition coefficient (Wildman–Crippen LogP) is 1.46. The number of halogens is 1. The smallest absolute Gasteiger partial charge is 0.308 e. The molecule has 1 unspecified atom stereocenters. The number of H-pyrrole nitrogens is 1. The average Bonchev–Trinajstić information content (AvgIpc) is 3.06. The fourth-order valence-corrected chi connectivity index (χ4v) is 2.62. The van der Waals surface area contributed by atoms with Crippen molar-refractivity contribution in [1.29, 1.82) is 0 Å². The number of likely N-dealkylation sites (tertiary alicyclic amines) is 1. The fourth-order valence-electron chi connectivity index (χ4n) is 2.62. The van der Waals surface area contributed by atoms with E-state index in [0.717, 1.165) is 16.6 Å². The van der Waals surface area contributed by atoms with Gasteiger partial charge in [-0.15, -0.1) is 12.4 Å². The van der Waals surface area contributed by atoms with Gasteiger partial charge in [0.2, 0.25) is 5.91 Å². The summed E-state index contributed by atoms with van der Waals surface area (Å²) < 4.78 is 0. The Labute approximate surface area is 127 Å². The molecule has 21 heavy (non-hydrogen) atoms. The summed E-state index contributed by atoms with van der Waals surface area (Å²) in [5, 5.41) is 9.90. The van der Waals surface area contributed by atoms with E-state index in [0.29, 0.717) is 19.5 Å². The summed E-state index contributed by atoms with van der Waals surface area (Å²) in [6, 6.07) is 3.76. The molecule has 3 rings (SSSR count). The molecule has 1 aliphatic heterocycles. The van der Waals surface area contributed by atoms with Crippen molar-refractivity contribution in [2.45, 2.75) is 12.8 Å². The topological polar surface area (TPSA) is 86.3 Å². The maximum Gasteiger partial charge on any atom is 0.308 e. The quantitative estimate of drug-likeness (QED) is 0.898. The van der Waals surface area contributed by atoms with Gasteiger partial charge in [0.05, 0.1) is 12.3 Å². The second kappa shape index (κ2) is 6.13. The average molecular weight is 310 g/mol. The molecule has 1 aliphatic rings. The van der Waals surface area contributed by atoms with Crippen LogP contribution in [-0.4, -0.2) is 44.9 Å². The summed E-state index contributed by atoms with van der Waals surface area (Å²) in [6.07, 6.45) is 4.30. The minimum atomic E-state index is -0.823. The molecule has 0 saturated carbocycles. The van der Waals surface area contributed by atoms with Crippen LogP contribution in [0, 0.1) is 5.92 Å². The first-order valence-corrected chi connectivity index (χ1v) is 6.56. The standard InChI is InChI=1S/C14H15N3O3.ClH/c18-12(17-5-3-9(8-17)14(19)20)6-10-7-16-13-11(10)2-1-4-15-13;/h1-2,4,7,9H,3,5-6,8H2,(H,15,16)(H,19,20);1H. The molecule has 1 atom stereocenters. The van der Waals surface area contributed by atoms with E-state index in [1.807, 2.05) is 12.1 Å². The molecule has 2 N–H and O–H groups in total. The summed E-state index contributed by atoms with van der Waals surface area (Å²) in [5.41, 5.74) is 1.66. The van der Waals surface area contributed by atoms with Crippen LogP contribution in [-0.2, 0) is 16.0 Å². The van der Waals surface area contributed by atoms with Crippen LogP contribution >= 0.6 is 12.4 Å². The number of carboxylic acid groups (broad SMARTS) is 1. The first-order chi connectivity index (χ1) is 9.65. The van der Waals surface area contributed by atoms with E-state index in [1.165, 1.54) is 0 Å². The van der Waals surface area contributed by atoms with Crippen molar-refractivity contribution in [3.63, 3.8) is 0 Å². The van der Waals surface area contributed by atoms with Crippen LogP contribution in [0.25, 0.3) is 11.0 Å². The maximum atomic E-state index is 12.2. The minimum absolute atomic E-state index is 0. The maximum absolute atomic E-state index is 12.2. The number of carboxylic acids is 1. The molecule has 1 saturated heterocycles. The lowest BCUT2D eigenvalue weighted by atomic mass is 10.1. The molecule has 0 aliphatic carbocycles.